The molecule has 37 heavy (non-hydrogen) atoms. The smallest absolute Gasteiger partial charge is 0.194 e. The Balaban J connectivity index is 1.59. The Morgan fingerprint density at radius 3 is 2.27 bits per heavy atom. The third kappa shape index (κ3) is 4.57. The summed E-state index contributed by atoms with van der Waals surface area (Å²) in [4.78, 5) is 0. The van der Waals surface area contributed by atoms with Gasteiger partial charge in [-0.1, -0.05) is 102 Å². The van der Waals surface area contributed by atoms with Crippen molar-refractivity contribution in [2.45, 2.75) is 71.8 Å². The van der Waals surface area contributed by atoms with E-state index in [9.17, 15) is 0 Å². The van der Waals surface area contributed by atoms with Crippen LogP contribution in [0.3, 0.4) is 0 Å². The van der Waals surface area contributed by atoms with Crippen LogP contribution in [-0.4, -0.2) is 0 Å². The third-order valence-corrected chi connectivity index (χ3v) is 8.24. The molecule has 1 aromatic heterocycles. The van der Waals surface area contributed by atoms with Gasteiger partial charge in [0.05, 0.1) is 10.9 Å². The van der Waals surface area contributed by atoms with Gasteiger partial charge in [0, 0.05) is 18.4 Å². The molecule has 0 N–H and O–H groups in total. The van der Waals surface area contributed by atoms with E-state index in [0.29, 0.717) is 12.0 Å². The van der Waals surface area contributed by atoms with E-state index in [1.165, 1.54) is 49.9 Å². The van der Waals surface area contributed by atoms with Gasteiger partial charge in [0.15, 0.2) is 12.2 Å². The lowest BCUT2D eigenvalue weighted by Gasteiger charge is -2.30. The van der Waals surface area contributed by atoms with Crippen molar-refractivity contribution < 1.29 is 4.57 Å². The van der Waals surface area contributed by atoms with E-state index in [2.05, 4.69) is 138 Å². The van der Waals surface area contributed by atoms with E-state index in [-0.39, 0.29) is 5.41 Å². The number of fused-ring (bicyclic) bond motifs is 5. The number of rotatable bonds is 5. The number of aromatic nitrogens is 1. The first-order valence-electron chi connectivity index (χ1n) is 13.8. The number of benzene rings is 3. The van der Waals surface area contributed by atoms with Crippen molar-refractivity contribution in [2.75, 3.05) is 0 Å². The summed E-state index contributed by atoms with van der Waals surface area (Å²) < 4.78 is 2.55. The largest absolute Gasteiger partial charge is 0.220 e. The Bertz CT molecular complexity index is 1490. The van der Waals surface area contributed by atoms with E-state index in [1.807, 2.05) is 0 Å². The van der Waals surface area contributed by atoms with Crippen molar-refractivity contribution in [3.63, 3.8) is 0 Å². The monoisotopic (exact) mass is 486 g/mol. The highest BCUT2D eigenvalue weighted by Gasteiger charge is 2.39. The molecular weight excluding hydrogens is 446 g/mol. The van der Waals surface area contributed by atoms with Crippen LogP contribution >= 0.6 is 0 Å². The number of allylic oxidation sites excluding steroid dienone is 3. The van der Waals surface area contributed by atoms with Crippen LogP contribution in [0.25, 0.3) is 33.2 Å². The van der Waals surface area contributed by atoms with Gasteiger partial charge in [-0.05, 0) is 69.7 Å². The van der Waals surface area contributed by atoms with Crippen molar-refractivity contribution in [1.82, 2.24) is 0 Å². The highest BCUT2D eigenvalue weighted by atomic mass is 15.0. The summed E-state index contributed by atoms with van der Waals surface area (Å²) in [5.74, 6) is 0.522. The second kappa shape index (κ2) is 9.78. The molecule has 0 saturated carbocycles. The minimum atomic E-state index is 0.153. The van der Waals surface area contributed by atoms with Gasteiger partial charge in [0.1, 0.15) is 0 Å². The lowest BCUT2D eigenvalue weighted by Crippen LogP contribution is -2.47. The second-order valence-electron chi connectivity index (χ2n) is 11.6. The van der Waals surface area contributed by atoms with Gasteiger partial charge in [-0.15, -0.1) is 0 Å². The quantitative estimate of drug-likeness (QED) is 0.195. The summed E-state index contributed by atoms with van der Waals surface area (Å²) in [6.07, 6.45) is 6.82. The van der Waals surface area contributed by atoms with Crippen molar-refractivity contribution in [3.05, 3.63) is 114 Å². The molecule has 4 aromatic rings. The van der Waals surface area contributed by atoms with Crippen LogP contribution < -0.4 is 4.57 Å². The Morgan fingerprint density at radius 1 is 0.892 bits per heavy atom. The van der Waals surface area contributed by atoms with Crippen molar-refractivity contribution >= 4 is 21.9 Å². The number of nitrogens with zero attached hydrogens (tertiary/aromatic N) is 1. The van der Waals surface area contributed by atoms with Crippen molar-refractivity contribution in [1.29, 1.82) is 0 Å². The summed E-state index contributed by atoms with van der Waals surface area (Å²) in [7, 11) is 0. The summed E-state index contributed by atoms with van der Waals surface area (Å²) in [5, 5.41) is 2.63. The van der Waals surface area contributed by atoms with Crippen molar-refractivity contribution in [2.24, 2.45) is 0 Å². The highest BCUT2D eigenvalue weighted by Crippen LogP contribution is 2.44. The summed E-state index contributed by atoms with van der Waals surface area (Å²) in [6, 6.07) is 27.6. The Labute approximate surface area is 223 Å². The highest BCUT2D eigenvalue weighted by molar-refractivity contribution is 5.95. The summed E-state index contributed by atoms with van der Waals surface area (Å²) in [6.45, 7) is 18.0. The topological polar surface area (TPSA) is 3.88 Å². The molecule has 2 unspecified atom stereocenters. The molecule has 0 bridgehead atoms. The van der Waals surface area contributed by atoms with Gasteiger partial charge in [-0.3, -0.25) is 0 Å². The van der Waals surface area contributed by atoms with Crippen LogP contribution in [0.2, 0.25) is 0 Å². The molecule has 188 valence electrons. The van der Waals surface area contributed by atoms with E-state index < -0.39 is 0 Å². The zero-order valence-corrected chi connectivity index (χ0v) is 23.3. The van der Waals surface area contributed by atoms with Crippen LogP contribution in [-0.2, 0) is 5.41 Å². The minimum Gasteiger partial charge on any atom is -0.194 e. The summed E-state index contributed by atoms with van der Waals surface area (Å²) in [5.41, 5.74) is 10.4. The molecule has 3 aromatic carbocycles. The number of hydrogen-bond donors (Lipinski definition) is 0. The van der Waals surface area contributed by atoms with Gasteiger partial charge in [0.2, 0.25) is 5.69 Å². The average molecular weight is 487 g/mol. The third-order valence-electron chi connectivity index (χ3n) is 8.24. The first kappa shape index (κ1) is 25.2. The average Bonchev–Trinajstić information content (AvgIpc) is 2.91. The first-order valence-corrected chi connectivity index (χ1v) is 13.8. The molecule has 0 radical (unpaired) electrons. The maximum Gasteiger partial charge on any atom is 0.220 e. The van der Waals surface area contributed by atoms with Gasteiger partial charge in [-0.25, -0.2) is 0 Å². The van der Waals surface area contributed by atoms with Crippen LogP contribution in [0.15, 0.2) is 91.6 Å². The molecular formula is C36H40N+. The van der Waals surface area contributed by atoms with E-state index in [4.69, 9.17) is 0 Å². The zero-order valence-electron chi connectivity index (χ0n) is 23.3. The molecule has 1 aliphatic heterocycles. The summed E-state index contributed by atoms with van der Waals surface area (Å²) >= 11 is 0. The number of pyridine rings is 1. The maximum absolute atomic E-state index is 4.41. The Morgan fingerprint density at radius 2 is 1.59 bits per heavy atom. The maximum atomic E-state index is 4.41. The fourth-order valence-electron chi connectivity index (χ4n) is 6.11. The molecule has 1 nitrogen and oxygen atoms in total. The lowest BCUT2D eigenvalue weighted by molar-refractivity contribution is -0.717. The van der Waals surface area contributed by atoms with Crippen LogP contribution in [0, 0.1) is 0 Å². The standard InChI is InChI=1S/C36H40N/c1-8-30-32-19-16-28(25(4)22-24(3)26-14-17-29(18-15-26)36(5,6)7)23-33(32)35-31-13-11-10-12-27(31)20-21-37(35)34(30)9-2/h10-23,30,34H,3,8-9H2,1-2,4-7H3/q+1/b25-22+. The van der Waals surface area contributed by atoms with Crippen LogP contribution in [0.4, 0.5) is 0 Å². The molecule has 1 aliphatic rings. The first-order chi connectivity index (χ1) is 17.7. The fourth-order valence-corrected chi connectivity index (χ4v) is 6.11. The van der Waals surface area contributed by atoms with Gasteiger partial charge in [-0.2, -0.15) is 4.57 Å². The van der Waals surface area contributed by atoms with Gasteiger partial charge >= 0.3 is 0 Å². The molecule has 0 spiro atoms. The molecule has 0 saturated heterocycles. The Kier molecular flexibility index (Phi) is 6.67. The van der Waals surface area contributed by atoms with Crippen LogP contribution in [0.1, 0.15) is 88.6 Å². The fraction of sp³-hybridized carbons (Fsp3) is 0.306. The normalized spacial score (nSPS) is 17.4. The minimum absolute atomic E-state index is 0.153. The molecule has 0 aliphatic carbocycles. The van der Waals surface area contributed by atoms with E-state index in [1.54, 1.807) is 0 Å². The van der Waals surface area contributed by atoms with Crippen molar-refractivity contribution in [3.8, 4) is 11.3 Å². The molecule has 1 heteroatoms. The molecule has 2 heterocycles. The van der Waals surface area contributed by atoms with E-state index >= 15 is 0 Å². The lowest BCUT2D eigenvalue weighted by atomic mass is 9.78. The van der Waals surface area contributed by atoms with Gasteiger partial charge in [0.25, 0.3) is 0 Å². The molecule has 0 fully saturated rings. The van der Waals surface area contributed by atoms with E-state index in [0.717, 1.165) is 18.4 Å². The predicted molar refractivity (Wildman–Crippen MR) is 160 cm³/mol. The van der Waals surface area contributed by atoms with Crippen LogP contribution in [0.5, 0.6) is 0 Å². The SMILES string of the molecule is C=C(/C=C(\C)c1ccc2c(c1)-c1c3ccccc3cc[n+]1C(CC)C2CC)c1ccc(C(C)(C)C)cc1. The van der Waals surface area contributed by atoms with Gasteiger partial charge < -0.3 is 0 Å². The Hall–Kier alpha value is -3.45. The zero-order chi connectivity index (χ0) is 26.3. The molecule has 5 rings (SSSR count). The molecule has 0 amide bonds. The second-order valence-corrected chi connectivity index (χ2v) is 11.6. The predicted octanol–water partition coefficient (Wildman–Crippen LogP) is 9.67. The number of hydrogen-bond acceptors (Lipinski definition) is 0. The molecule has 2 atom stereocenters.